The van der Waals surface area contributed by atoms with Gasteiger partial charge in [-0.3, -0.25) is 4.68 Å². The van der Waals surface area contributed by atoms with Crippen molar-refractivity contribution in [3.8, 4) is 5.75 Å². The number of rotatable bonds is 3. The first kappa shape index (κ1) is 13.6. The Morgan fingerprint density at radius 2 is 1.89 bits per heavy atom. The summed E-state index contributed by atoms with van der Waals surface area (Å²) in [5.41, 5.74) is 11.7. The number of nitrogens with two attached hydrogens (primary N) is 1. The molecule has 0 spiro atoms. The van der Waals surface area contributed by atoms with Crippen molar-refractivity contribution in [2.24, 2.45) is 12.8 Å². The molecule has 19 heavy (non-hydrogen) atoms. The summed E-state index contributed by atoms with van der Waals surface area (Å²) >= 11 is 0. The molecule has 0 saturated heterocycles. The Labute approximate surface area is 114 Å². The number of benzene rings is 1. The molecule has 0 amide bonds. The van der Waals surface area contributed by atoms with Gasteiger partial charge < -0.3 is 10.5 Å². The lowest BCUT2D eigenvalue weighted by atomic mass is 9.95. The second-order valence-corrected chi connectivity index (χ2v) is 4.95. The molecule has 4 nitrogen and oxygen atoms in total. The predicted molar refractivity (Wildman–Crippen MR) is 76.4 cm³/mol. The van der Waals surface area contributed by atoms with Crippen molar-refractivity contribution in [3.05, 3.63) is 46.3 Å². The van der Waals surface area contributed by atoms with Crippen molar-refractivity contribution in [1.29, 1.82) is 0 Å². The smallest absolute Gasteiger partial charge is 0.127 e. The van der Waals surface area contributed by atoms with Crippen LogP contribution in [0, 0.1) is 20.8 Å². The van der Waals surface area contributed by atoms with E-state index in [1.54, 1.807) is 11.8 Å². The van der Waals surface area contributed by atoms with Crippen LogP contribution in [-0.2, 0) is 7.05 Å². The van der Waals surface area contributed by atoms with Gasteiger partial charge in [0, 0.05) is 24.4 Å². The summed E-state index contributed by atoms with van der Waals surface area (Å²) in [5, 5.41) is 4.35. The van der Waals surface area contributed by atoms with Gasteiger partial charge in [-0.05, 0) is 31.9 Å². The Balaban J connectivity index is 2.53. The zero-order chi connectivity index (χ0) is 14.2. The molecule has 2 aromatic rings. The summed E-state index contributed by atoms with van der Waals surface area (Å²) in [6, 6.07) is 3.90. The lowest BCUT2D eigenvalue weighted by Crippen LogP contribution is -2.14. The Morgan fingerprint density at radius 3 is 2.42 bits per heavy atom. The number of hydrogen-bond acceptors (Lipinski definition) is 3. The van der Waals surface area contributed by atoms with Crippen LogP contribution in [0.3, 0.4) is 0 Å². The lowest BCUT2D eigenvalue weighted by Gasteiger charge is -2.18. The number of methoxy groups -OCH3 is 1. The summed E-state index contributed by atoms with van der Waals surface area (Å²) in [4.78, 5) is 0. The molecule has 0 aliphatic carbocycles. The van der Waals surface area contributed by atoms with E-state index >= 15 is 0 Å². The minimum atomic E-state index is -0.219. The summed E-state index contributed by atoms with van der Waals surface area (Å²) in [6.07, 6.45) is 1.97. The van der Waals surface area contributed by atoms with Crippen LogP contribution in [0.25, 0.3) is 0 Å². The normalized spacial score (nSPS) is 12.5. The fraction of sp³-hybridized carbons (Fsp3) is 0.400. The lowest BCUT2D eigenvalue weighted by molar-refractivity contribution is 0.404. The van der Waals surface area contributed by atoms with E-state index in [0.717, 1.165) is 28.1 Å². The third kappa shape index (κ3) is 2.36. The highest BCUT2D eigenvalue weighted by molar-refractivity contribution is 5.49. The molecule has 1 atom stereocenters. The maximum absolute atomic E-state index is 6.39. The molecule has 2 rings (SSSR count). The molecule has 0 aliphatic heterocycles. The van der Waals surface area contributed by atoms with E-state index in [0.29, 0.717) is 0 Å². The van der Waals surface area contributed by atoms with Crippen molar-refractivity contribution in [3.63, 3.8) is 0 Å². The first-order valence-corrected chi connectivity index (χ1v) is 6.35. The molecule has 0 saturated carbocycles. The van der Waals surface area contributed by atoms with Gasteiger partial charge in [0.1, 0.15) is 5.75 Å². The Morgan fingerprint density at radius 1 is 1.21 bits per heavy atom. The number of ether oxygens (including phenoxy) is 1. The van der Waals surface area contributed by atoms with Crippen LogP contribution >= 0.6 is 0 Å². The van der Waals surface area contributed by atoms with Crippen LogP contribution in [0.5, 0.6) is 5.75 Å². The quantitative estimate of drug-likeness (QED) is 0.921. The zero-order valence-electron chi connectivity index (χ0n) is 12.2. The van der Waals surface area contributed by atoms with Gasteiger partial charge in [0.25, 0.3) is 0 Å². The molecule has 1 unspecified atom stereocenters. The van der Waals surface area contributed by atoms with E-state index in [2.05, 4.69) is 25.0 Å². The van der Waals surface area contributed by atoms with Crippen LogP contribution in [0.2, 0.25) is 0 Å². The Kier molecular flexibility index (Phi) is 3.62. The number of aromatic nitrogens is 2. The number of nitrogens with zero attached hydrogens (tertiary/aromatic N) is 2. The van der Waals surface area contributed by atoms with E-state index < -0.39 is 0 Å². The van der Waals surface area contributed by atoms with Gasteiger partial charge in [-0.15, -0.1) is 0 Å². The highest BCUT2D eigenvalue weighted by Crippen LogP contribution is 2.33. The van der Waals surface area contributed by atoms with Gasteiger partial charge >= 0.3 is 0 Å². The van der Waals surface area contributed by atoms with Crippen molar-refractivity contribution in [2.75, 3.05) is 7.11 Å². The maximum Gasteiger partial charge on any atom is 0.127 e. The second kappa shape index (κ2) is 5.05. The fourth-order valence-electron chi connectivity index (χ4n) is 2.42. The van der Waals surface area contributed by atoms with Crippen molar-refractivity contribution >= 4 is 0 Å². The average Bonchev–Trinajstić information content (AvgIpc) is 2.71. The average molecular weight is 259 g/mol. The summed E-state index contributed by atoms with van der Waals surface area (Å²) in [6.45, 7) is 6.10. The van der Waals surface area contributed by atoms with E-state index in [9.17, 15) is 0 Å². The zero-order valence-corrected chi connectivity index (χ0v) is 12.2. The molecule has 1 aromatic heterocycles. The largest absolute Gasteiger partial charge is 0.496 e. The van der Waals surface area contributed by atoms with Gasteiger partial charge in [0.2, 0.25) is 0 Å². The molecule has 0 radical (unpaired) electrons. The SMILES string of the molecule is COc1c(C(N)c2cn(C)nc2C)ccc(C)c1C. The van der Waals surface area contributed by atoms with Gasteiger partial charge in [-0.1, -0.05) is 12.1 Å². The fourth-order valence-corrected chi connectivity index (χ4v) is 2.42. The van der Waals surface area contributed by atoms with E-state index in [-0.39, 0.29) is 6.04 Å². The van der Waals surface area contributed by atoms with Crippen molar-refractivity contribution in [2.45, 2.75) is 26.8 Å². The molecule has 2 N–H and O–H groups in total. The van der Waals surface area contributed by atoms with Crippen molar-refractivity contribution in [1.82, 2.24) is 9.78 Å². The predicted octanol–water partition coefficient (Wildman–Crippen LogP) is 2.40. The van der Waals surface area contributed by atoms with Crippen LogP contribution in [-0.4, -0.2) is 16.9 Å². The molecule has 102 valence electrons. The Bertz CT molecular complexity index is 602. The third-order valence-electron chi connectivity index (χ3n) is 3.63. The monoisotopic (exact) mass is 259 g/mol. The maximum atomic E-state index is 6.39. The molecule has 1 heterocycles. The molecule has 1 aromatic carbocycles. The van der Waals surface area contributed by atoms with Crippen LogP contribution in [0.4, 0.5) is 0 Å². The van der Waals surface area contributed by atoms with Crippen LogP contribution in [0.1, 0.15) is 34.0 Å². The number of hydrogen-bond donors (Lipinski definition) is 1. The van der Waals surface area contributed by atoms with Gasteiger partial charge in [0.05, 0.1) is 18.8 Å². The first-order chi connectivity index (χ1) is 8.95. The van der Waals surface area contributed by atoms with Gasteiger partial charge in [0.15, 0.2) is 0 Å². The first-order valence-electron chi connectivity index (χ1n) is 6.35. The summed E-state index contributed by atoms with van der Waals surface area (Å²) in [5.74, 6) is 0.871. The van der Waals surface area contributed by atoms with Crippen LogP contribution < -0.4 is 10.5 Å². The minimum Gasteiger partial charge on any atom is -0.496 e. The summed E-state index contributed by atoms with van der Waals surface area (Å²) in [7, 11) is 3.59. The highest BCUT2D eigenvalue weighted by Gasteiger charge is 2.19. The molecule has 4 heteroatoms. The van der Waals surface area contributed by atoms with E-state index in [1.807, 2.05) is 26.2 Å². The molecular weight excluding hydrogens is 238 g/mol. The standard InChI is InChI=1S/C15H21N3O/c1-9-6-7-12(15(19-5)10(9)2)14(16)13-8-18(4)17-11(13)3/h6-8,14H,16H2,1-5H3. The van der Waals surface area contributed by atoms with E-state index in [4.69, 9.17) is 10.5 Å². The highest BCUT2D eigenvalue weighted by atomic mass is 16.5. The van der Waals surface area contributed by atoms with Gasteiger partial charge in [-0.2, -0.15) is 5.10 Å². The molecule has 0 bridgehead atoms. The second-order valence-electron chi connectivity index (χ2n) is 4.95. The summed E-state index contributed by atoms with van der Waals surface area (Å²) < 4.78 is 7.33. The Hall–Kier alpha value is -1.81. The molecular formula is C15H21N3O. The van der Waals surface area contributed by atoms with Gasteiger partial charge in [-0.25, -0.2) is 0 Å². The molecule has 0 fully saturated rings. The topological polar surface area (TPSA) is 53.1 Å². The minimum absolute atomic E-state index is 0.219. The van der Waals surface area contributed by atoms with Crippen LogP contribution in [0.15, 0.2) is 18.3 Å². The van der Waals surface area contributed by atoms with E-state index in [1.165, 1.54) is 5.56 Å². The number of aryl methyl sites for hydroxylation is 3. The third-order valence-corrected chi connectivity index (χ3v) is 3.63. The molecule has 0 aliphatic rings. The van der Waals surface area contributed by atoms with Crippen molar-refractivity contribution < 1.29 is 4.74 Å².